The summed E-state index contributed by atoms with van der Waals surface area (Å²) in [5.74, 6) is 5.87. The first-order chi connectivity index (χ1) is 12.5. The quantitative estimate of drug-likeness (QED) is 0.208. The fourth-order valence-electron chi connectivity index (χ4n) is 2.83. The van der Waals surface area contributed by atoms with Crippen molar-refractivity contribution in [3.63, 3.8) is 0 Å². The molecule has 1 aromatic rings. The van der Waals surface area contributed by atoms with E-state index < -0.39 is 5.97 Å². The summed E-state index contributed by atoms with van der Waals surface area (Å²) in [7, 11) is 0. The Morgan fingerprint density at radius 2 is 2.04 bits per heavy atom. The molecular formula is C18H26ClN3O4. The predicted molar refractivity (Wildman–Crippen MR) is 99.3 cm³/mol. The molecule has 2 rings (SSSR count). The molecule has 1 aromatic carbocycles. The van der Waals surface area contributed by atoms with Gasteiger partial charge in [-0.1, -0.05) is 30.9 Å². The lowest BCUT2D eigenvalue weighted by molar-refractivity contribution is -0.139. The lowest BCUT2D eigenvalue weighted by atomic mass is 9.90. The average Bonchev–Trinajstić information content (AvgIpc) is 2.64. The van der Waals surface area contributed by atoms with E-state index in [1.54, 1.807) is 25.1 Å². The number of halogens is 1. The number of esters is 1. The third kappa shape index (κ3) is 5.71. The Bertz CT molecular complexity index is 645. The van der Waals surface area contributed by atoms with E-state index in [1.807, 2.05) is 0 Å². The highest BCUT2D eigenvalue weighted by molar-refractivity contribution is 6.32. The Labute approximate surface area is 158 Å². The molecule has 0 heterocycles. The molecule has 144 valence electrons. The van der Waals surface area contributed by atoms with E-state index in [1.165, 1.54) is 32.1 Å². The van der Waals surface area contributed by atoms with Crippen LogP contribution in [0.1, 0.15) is 39.0 Å². The van der Waals surface area contributed by atoms with Gasteiger partial charge < -0.3 is 25.4 Å². The first-order valence-electron chi connectivity index (χ1n) is 8.78. The number of hydrogen-bond donors (Lipinski definition) is 3. The maximum Gasteiger partial charge on any atom is 0.361 e. The maximum atomic E-state index is 11.8. The Morgan fingerprint density at radius 3 is 2.69 bits per heavy atom. The minimum atomic E-state index is -0.699. The molecule has 0 aliphatic heterocycles. The zero-order valence-corrected chi connectivity index (χ0v) is 15.7. The van der Waals surface area contributed by atoms with Gasteiger partial charge in [-0.25, -0.2) is 4.79 Å². The molecule has 5 N–H and O–H groups in total. The topological polar surface area (TPSA) is 109 Å². The molecule has 0 bridgehead atoms. The molecule has 0 saturated heterocycles. The lowest BCUT2D eigenvalue weighted by Crippen LogP contribution is -2.32. The van der Waals surface area contributed by atoms with Crippen LogP contribution >= 0.6 is 11.6 Å². The fourth-order valence-corrected chi connectivity index (χ4v) is 3.00. The Hall–Kier alpha value is -2.12. The first-order valence-corrected chi connectivity index (χ1v) is 9.16. The second-order valence-corrected chi connectivity index (χ2v) is 6.52. The highest BCUT2D eigenvalue weighted by Gasteiger charge is 2.17. The van der Waals surface area contributed by atoms with Crippen molar-refractivity contribution in [2.75, 3.05) is 13.2 Å². The van der Waals surface area contributed by atoms with Crippen molar-refractivity contribution in [1.29, 1.82) is 0 Å². The molecular weight excluding hydrogens is 358 g/mol. The van der Waals surface area contributed by atoms with E-state index >= 15 is 0 Å². The van der Waals surface area contributed by atoms with E-state index in [0.29, 0.717) is 29.0 Å². The lowest BCUT2D eigenvalue weighted by Gasteiger charge is -2.22. The van der Waals surface area contributed by atoms with Crippen LogP contribution in [0, 0.1) is 5.92 Å². The molecule has 0 amide bonds. The zero-order valence-electron chi connectivity index (χ0n) is 14.9. The Balaban J connectivity index is 2.06. The average molecular weight is 384 g/mol. The second kappa shape index (κ2) is 10.1. The summed E-state index contributed by atoms with van der Waals surface area (Å²) in [5.41, 5.74) is 7.85. The fraction of sp³-hybridized carbons (Fsp3) is 0.500. The second-order valence-electron chi connectivity index (χ2n) is 6.11. The monoisotopic (exact) mass is 383 g/mol. The predicted octanol–water partition coefficient (Wildman–Crippen LogP) is 2.83. The molecule has 1 fully saturated rings. The SMILES string of the molecule is CCOC(=O)/C(NN)=C(/N)Oc1ccc(Cl)c(OCC2CCCCC2)c1. The van der Waals surface area contributed by atoms with Crippen LogP contribution in [0.4, 0.5) is 0 Å². The van der Waals surface area contributed by atoms with Crippen molar-refractivity contribution in [2.24, 2.45) is 17.5 Å². The Morgan fingerprint density at radius 1 is 1.31 bits per heavy atom. The minimum Gasteiger partial charge on any atom is -0.492 e. The number of benzene rings is 1. The zero-order chi connectivity index (χ0) is 18.9. The number of hydrazine groups is 1. The summed E-state index contributed by atoms with van der Waals surface area (Å²) < 4.78 is 16.2. The standard InChI is InChI=1S/C18H26ClN3O4/c1-2-24-18(23)16(22-21)17(20)26-13-8-9-14(19)15(10-13)25-11-12-6-4-3-5-7-12/h8-10,12,22H,2-7,11,20-21H2,1H3/b17-16+. The molecule has 1 saturated carbocycles. The van der Waals surface area contributed by atoms with Crippen molar-refractivity contribution < 1.29 is 19.0 Å². The van der Waals surface area contributed by atoms with E-state index in [-0.39, 0.29) is 18.2 Å². The van der Waals surface area contributed by atoms with Crippen molar-refractivity contribution >= 4 is 17.6 Å². The molecule has 26 heavy (non-hydrogen) atoms. The van der Waals surface area contributed by atoms with Gasteiger partial charge in [0.2, 0.25) is 5.88 Å². The smallest absolute Gasteiger partial charge is 0.361 e. The molecule has 0 spiro atoms. The van der Waals surface area contributed by atoms with E-state index in [2.05, 4.69) is 5.43 Å². The van der Waals surface area contributed by atoms with Gasteiger partial charge in [-0.3, -0.25) is 5.84 Å². The van der Waals surface area contributed by atoms with E-state index in [0.717, 1.165) is 0 Å². The molecule has 0 radical (unpaired) electrons. The van der Waals surface area contributed by atoms with E-state index in [9.17, 15) is 4.79 Å². The van der Waals surface area contributed by atoms with Crippen LogP contribution in [0.25, 0.3) is 0 Å². The summed E-state index contributed by atoms with van der Waals surface area (Å²) >= 11 is 6.20. The van der Waals surface area contributed by atoms with E-state index in [4.69, 9.17) is 37.4 Å². The third-order valence-corrected chi connectivity index (χ3v) is 4.51. The van der Waals surface area contributed by atoms with Crippen LogP contribution in [0.2, 0.25) is 5.02 Å². The number of carbonyl (C=O) groups is 1. The number of nitrogens with one attached hydrogen (secondary N) is 1. The van der Waals surface area contributed by atoms with Gasteiger partial charge in [0.1, 0.15) is 11.5 Å². The molecule has 0 unspecified atom stereocenters. The van der Waals surface area contributed by atoms with Crippen LogP contribution < -0.4 is 26.5 Å². The van der Waals surface area contributed by atoms with Crippen molar-refractivity contribution in [1.82, 2.24) is 5.43 Å². The van der Waals surface area contributed by atoms with Crippen LogP contribution in [0.15, 0.2) is 29.8 Å². The highest BCUT2D eigenvalue weighted by atomic mass is 35.5. The number of carbonyl (C=O) groups excluding carboxylic acids is 1. The highest BCUT2D eigenvalue weighted by Crippen LogP contribution is 2.31. The van der Waals surface area contributed by atoms with Crippen molar-refractivity contribution in [3.05, 3.63) is 34.8 Å². The van der Waals surface area contributed by atoms with Gasteiger partial charge in [0, 0.05) is 6.07 Å². The van der Waals surface area contributed by atoms with Gasteiger partial charge in [0.15, 0.2) is 5.70 Å². The maximum absolute atomic E-state index is 11.8. The van der Waals surface area contributed by atoms with Gasteiger partial charge in [0.25, 0.3) is 0 Å². The molecule has 7 nitrogen and oxygen atoms in total. The van der Waals surface area contributed by atoms with Crippen molar-refractivity contribution in [2.45, 2.75) is 39.0 Å². The van der Waals surface area contributed by atoms with Crippen LogP contribution in [0.5, 0.6) is 11.5 Å². The molecule has 1 aliphatic rings. The number of nitrogens with two attached hydrogens (primary N) is 2. The van der Waals surface area contributed by atoms with Gasteiger partial charge in [0.05, 0.1) is 18.2 Å². The van der Waals surface area contributed by atoms with Crippen molar-refractivity contribution in [3.8, 4) is 11.5 Å². The van der Waals surface area contributed by atoms with Crippen LogP contribution in [-0.2, 0) is 9.53 Å². The molecule has 0 aromatic heterocycles. The van der Waals surface area contributed by atoms with Gasteiger partial charge in [-0.05, 0) is 37.8 Å². The van der Waals surface area contributed by atoms with Crippen LogP contribution in [-0.4, -0.2) is 19.2 Å². The van der Waals surface area contributed by atoms with Crippen LogP contribution in [0.3, 0.4) is 0 Å². The summed E-state index contributed by atoms with van der Waals surface area (Å²) in [6.45, 7) is 2.49. The van der Waals surface area contributed by atoms with Gasteiger partial charge >= 0.3 is 5.97 Å². The number of rotatable bonds is 8. The Kier molecular flexibility index (Phi) is 7.87. The summed E-state index contributed by atoms with van der Waals surface area (Å²) in [6.07, 6.45) is 6.14. The number of ether oxygens (including phenoxy) is 3. The summed E-state index contributed by atoms with van der Waals surface area (Å²) in [4.78, 5) is 11.8. The molecule has 1 aliphatic carbocycles. The molecule has 0 atom stereocenters. The first kappa shape index (κ1) is 20.2. The normalized spacial score (nSPS) is 15.8. The largest absolute Gasteiger partial charge is 0.492 e. The summed E-state index contributed by atoms with van der Waals surface area (Å²) in [5, 5.41) is 0.485. The van der Waals surface area contributed by atoms with Gasteiger partial charge in [-0.2, -0.15) is 0 Å². The summed E-state index contributed by atoms with van der Waals surface area (Å²) in [6, 6.07) is 4.92. The third-order valence-electron chi connectivity index (χ3n) is 4.20. The minimum absolute atomic E-state index is 0.161. The number of hydrogen-bond acceptors (Lipinski definition) is 7. The van der Waals surface area contributed by atoms with Gasteiger partial charge in [-0.15, -0.1) is 0 Å². The molecule has 8 heteroatoms.